The van der Waals surface area contributed by atoms with Crippen LogP contribution in [0.4, 0.5) is 5.69 Å². The number of para-hydroxylation sites is 1. The van der Waals surface area contributed by atoms with Crippen LogP contribution in [0.2, 0.25) is 0 Å². The number of amides is 1. The number of sulfonamides is 1. The molecular weight excluding hydrogens is 526 g/mol. The minimum Gasteiger partial charge on any atom is -0.350 e. The zero-order chi connectivity index (χ0) is 27.8. The van der Waals surface area contributed by atoms with Gasteiger partial charge in [0.05, 0.1) is 0 Å². The Hall–Kier alpha value is -3.24. The fourth-order valence-corrected chi connectivity index (χ4v) is 7.26. The molecule has 2 fully saturated rings. The molecule has 3 aromatic rings. The Labute approximate surface area is 236 Å². The highest BCUT2D eigenvalue weighted by atomic mass is 32.2. The van der Waals surface area contributed by atoms with Crippen molar-refractivity contribution >= 4 is 21.6 Å². The molecule has 3 atom stereocenters. The van der Waals surface area contributed by atoms with Gasteiger partial charge >= 0.3 is 0 Å². The molecule has 2 saturated heterocycles. The Bertz CT molecular complexity index is 1350. The van der Waals surface area contributed by atoms with E-state index in [1.807, 2.05) is 36.4 Å². The average molecular weight is 564 g/mol. The van der Waals surface area contributed by atoms with Gasteiger partial charge in [0, 0.05) is 31.8 Å². The number of nitrogens with one attached hydrogen (secondary N) is 2. The molecule has 0 spiro atoms. The van der Waals surface area contributed by atoms with Gasteiger partial charge in [-0.25, -0.2) is 18.7 Å². The summed E-state index contributed by atoms with van der Waals surface area (Å²) in [5.74, 6) is -1.09. The van der Waals surface area contributed by atoms with Crippen molar-refractivity contribution in [3.05, 3.63) is 90.5 Å². The third kappa shape index (κ3) is 7.28. The number of rotatable bonds is 10. The van der Waals surface area contributed by atoms with Gasteiger partial charge in [-0.15, -0.1) is 0 Å². The molecule has 5 rings (SSSR count). The number of hydrogen-bond acceptors (Lipinski definition) is 6. The van der Waals surface area contributed by atoms with Crippen LogP contribution in [0, 0.1) is 5.92 Å². The van der Waals surface area contributed by atoms with Crippen LogP contribution in [-0.4, -0.2) is 50.5 Å². The van der Waals surface area contributed by atoms with Crippen LogP contribution < -0.4 is 10.2 Å². The van der Waals surface area contributed by atoms with Crippen LogP contribution in [0.3, 0.4) is 0 Å². The van der Waals surface area contributed by atoms with Crippen molar-refractivity contribution in [3.8, 4) is 11.1 Å². The topological polar surface area (TPSA) is 97.0 Å². The first kappa shape index (κ1) is 28.3. The van der Waals surface area contributed by atoms with Gasteiger partial charge in [-0.2, -0.15) is 0 Å². The molecule has 0 bridgehead atoms. The van der Waals surface area contributed by atoms with E-state index in [9.17, 15) is 13.2 Å². The first-order chi connectivity index (χ1) is 19.5. The summed E-state index contributed by atoms with van der Waals surface area (Å²) >= 11 is 0. The summed E-state index contributed by atoms with van der Waals surface area (Å²) in [6.07, 6.45) is 3.36. The molecular formula is C31H37N3O5S. The van der Waals surface area contributed by atoms with E-state index in [2.05, 4.69) is 39.4 Å². The third-order valence-corrected chi connectivity index (χ3v) is 9.31. The highest BCUT2D eigenvalue weighted by Crippen LogP contribution is 2.30. The van der Waals surface area contributed by atoms with E-state index in [0.29, 0.717) is 38.2 Å². The van der Waals surface area contributed by atoms with Crippen LogP contribution in [0.5, 0.6) is 0 Å². The molecule has 2 aliphatic rings. The summed E-state index contributed by atoms with van der Waals surface area (Å²) in [5, 5.41) is -1.33. The molecule has 0 saturated carbocycles. The highest BCUT2D eigenvalue weighted by molar-refractivity contribution is 7.94. The van der Waals surface area contributed by atoms with Gasteiger partial charge in [0.25, 0.3) is 5.91 Å². The number of piperidine rings is 1. The normalized spacial score (nSPS) is 20.9. The largest absolute Gasteiger partial charge is 0.350 e. The van der Waals surface area contributed by atoms with Crippen molar-refractivity contribution in [1.82, 2.24) is 10.4 Å². The molecule has 0 aliphatic carbocycles. The molecule has 212 valence electrons. The molecule has 0 radical (unpaired) electrons. The Balaban J connectivity index is 1.35. The zero-order valence-corrected chi connectivity index (χ0v) is 23.4. The van der Waals surface area contributed by atoms with Crippen molar-refractivity contribution < 1.29 is 22.8 Å². The summed E-state index contributed by atoms with van der Waals surface area (Å²) in [7, 11) is -4.08. The van der Waals surface area contributed by atoms with Crippen molar-refractivity contribution in [2.75, 3.05) is 24.4 Å². The fraction of sp³-hybridized carbons (Fsp3) is 0.387. The number of hydroxylamine groups is 1. The Kier molecular flexibility index (Phi) is 9.49. The maximum absolute atomic E-state index is 13.7. The number of likely N-dealkylation sites (tertiary alicyclic amines) is 1. The lowest BCUT2D eigenvalue weighted by molar-refractivity contribution is -0.200. The quantitative estimate of drug-likeness (QED) is 0.339. The monoisotopic (exact) mass is 563 g/mol. The van der Waals surface area contributed by atoms with E-state index in [4.69, 9.17) is 9.57 Å². The maximum atomic E-state index is 13.7. The van der Waals surface area contributed by atoms with E-state index in [0.717, 1.165) is 36.9 Å². The number of ether oxygens (including phenoxy) is 1. The number of nitrogens with zero attached hydrogens (tertiary/aromatic N) is 1. The van der Waals surface area contributed by atoms with E-state index >= 15 is 0 Å². The number of benzene rings is 3. The predicted molar refractivity (Wildman–Crippen MR) is 155 cm³/mol. The van der Waals surface area contributed by atoms with Gasteiger partial charge in [-0.1, -0.05) is 72.8 Å². The summed E-state index contributed by atoms with van der Waals surface area (Å²) in [6.45, 7) is 2.51. The number of anilines is 1. The van der Waals surface area contributed by atoms with Crippen LogP contribution in [-0.2, 0) is 30.9 Å². The number of hydrogen-bond donors (Lipinski definition) is 2. The summed E-state index contributed by atoms with van der Waals surface area (Å²) in [5.41, 5.74) is 6.31. The molecule has 0 aromatic heterocycles. The number of carbonyl (C=O) groups is 1. The first-order valence-corrected chi connectivity index (χ1v) is 15.5. The maximum Gasteiger partial charge on any atom is 0.264 e. The van der Waals surface area contributed by atoms with Crippen molar-refractivity contribution in [2.45, 2.75) is 50.2 Å². The molecule has 2 heterocycles. The molecule has 9 heteroatoms. The van der Waals surface area contributed by atoms with Gasteiger partial charge in [0.2, 0.25) is 10.0 Å². The summed E-state index contributed by atoms with van der Waals surface area (Å²) in [6, 6.07) is 27.2. The lowest BCUT2D eigenvalue weighted by Crippen LogP contribution is -2.52. The molecule has 8 nitrogen and oxygen atoms in total. The lowest BCUT2D eigenvalue weighted by atomic mass is 9.92. The second-order valence-corrected chi connectivity index (χ2v) is 12.3. The van der Waals surface area contributed by atoms with Crippen LogP contribution in [0.1, 0.15) is 37.7 Å². The molecule has 3 aromatic carbocycles. The Morgan fingerprint density at radius 1 is 0.925 bits per heavy atom. The lowest BCUT2D eigenvalue weighted by Gasteiger charge is -2.36. The van der Waals surface area contributed by atoms with Gasteiger partial charge in [-0.05, 0) is 67.0 Å². The van der Waals surface area contributed by atoms with Gasteiger partial charge in [0.1, 0.15) is 0 Å². The van der Waals surface area contributed by atoms with Gasteiger partial charge in [0.15, 0.2) is 11.5 Å². The summed E-state index contributed by atoms with van der Waals surface area (Å²) < 4.78 is 35.6. The van der Waals surface area contributed by atoms with Gasteiger partial charge in [-0.3, -0.25) is 14.4 Å². The van der Waals surface area contributed by atoms with Gasteiger partial charge < -0.3 is 4.74 Å². The smallest absolute Gasteiger partial charge is 0.264 e. The second-order valence-electron chi connectivity index (χ2n) is 10.5. The standard InChI is InChI=1S/C31H37N3O5S/c35-31(32-39-29-19-9-10-21-38-29)30(40(36,37)33-27-16-5-2-6-17-27)26-15-11-20-34(23-26)22-25-14-7-8-18-28(25)24-12-3-1-4-13-24/h1-8,12-14,16-18,26,29-30,33H,9-11,15,19-23H2,(H,32,35). The predicted octanol–water partition coefficient (Wildman–Crippen LogP) is 4.95. The minimum atomic E-state index is -4.08. The molecule has 40 heavy (non-hydrogen) atoms. The highest BCUT2D eigenvalue weighted by Gasteiger charge is 2.42. The van der Waals surface area contributed by atoms with E-state index in [1.54, 1.807) is 24.3 Å². The van der Waals surface area contributed by atoms with Crippen LogP contribution >= 0.6 is 0 Å². The SMILES string of the molecule is O=C(NOC1CCCCO1)C(C1CCCN(Cc2ccccc2-c2ccccc2)C1)S(=O)(=O)Nc1ccccc1. The minimum absolute atomic E-state index is 0.418. The van der Waals surface area contributed by atoms with E-state index in [-0.39, 0.29) is 0 Å². The van der Waals surface area contributed by atoms with Crippen molar-refractivity contribution in [2.24, 2.45) is 5.92 Å². The fourth-order valence-electron chi connectivity index (χ4n) is 5.61. The van der Waals surface area contributed by atoms with Crippen LogP contribution in [0.15, 0.2) is 84.9 Å². The van der Waals surface area contributed by atoms with Crippen LogP contribution in [0.25, 0.3) is 11.1 Å². The number of carbonyl (C=O) groups excluding carboxylic acids is 1. The van der Waals surface area contributed by atoms with Crippen molar-refractivity contribution in [1.29, 1.82) is 0 Å². The first-order valence-electron chi connectivity index (χ1n) is 14.0. The average Bonchev–Trinajstić information content (AvgIpc) is 2.98. The van der Waals surface area contributed by atoms with E-state index < -0.39 is 33.4 Å². The zero-order valence-electron chi connectivity index (χ0n) is 22.6. The molecule has 3 unspecified atom stereocenters. The molecule has 2 N–H and O–H groups in total. The van der Waals surface area contributed by atoms with Crippen molar-refractivity contribution in [3.63, 3.8) is 0 Å². The molecule has 2 aliphatic heterocycles. The Morgan fingerprint density at radius 3 is 2.40 bits per heavy atom. The third-order valence-electron chi connectivity index (χ3n) is 7.52. The summed E-state index contributed by atoms with van der Waals surface area (Å²) in [4.78, 5) is 21.3. The Morgan fingerprint density at radius 2 is 1.65 bits per heavy atom. The molecule has 1 amide bonds. The second kappa shape index (κ2) is 13.4. The van der Waals surface area contributed by atoms with E-state index in [1.165, 1.54) is 5.56 Å².